The molecule has 0 spiro atoms. The average molecular weight is 198 g/mol. The molecule has 0 amide bonds. The Hall–Kier alpha value is -0.670. The predicted molar refractivity (Wildman–Crippen MR) is 55.4 cm³/mol. The van der Waals surface area contributed by atoms with Gasteiger partial charge in [-0.2, -0.15) is 0 Å². The van der Waals surface area contributed by atoms with E-state index in [0.29, 0.717) is 5.75 Å². The van der Waals surface area contributed by atoms with Gasteiger partial charge in [-0.15, -0.1) is 11.8 Å². The van der Waals surface area contributed by atoms with Crippen LogP contribution in [-0.2, 0) is 0 Å². The van der Waals surface area contributed by atoms with E-state index >= 15 is 0 Å². The van der Waals surface area contributed by atoms with Crippen LogP contribution in [0, 0.1) is 0 Å². The topological polar surface area (TPSA) is 29.5 Å². The first-order chi connectivity index (χ1) is 6.24. The van der Waals surface area contributed by atoms with E-state index in [0.717, 1.165) is 10.6 Å². The second-order valence-corrected chi connectivity index (χ2v) is 3.87. The number of benzene rings is 1. The number of methoxy groups -OCH3 is 1. The number of hydrogen-bond donors (Lipinski definition) is 1. The summed E-state index contributed by atoms with van der Waals surface area (Å²) in [5.74, 6) is 1.56. The van der Waals surface area contributed by atoms with Gasteiger partial charge in [-0.05, 0) is 19.1 Å². The highest BCUT2D eigenvalue weighted by atomic mass is 32.2. The van der Waals surface area contributed by atoms with Crippen molar-refractivity contribution in [3.8, 4) is 5.75 Å². The number of ether oxygens (including phenoxy) is 1. The van der Waals surface area contributed by atoms with Crippen molar-refractivity contribution in [1.82, 2.24) is 0 Å². The van der Waals surface area contributed by atoms with Crippen molar-refractivity contribution in [2.24, 2.45) is 0 Å². The molecule has 13 heavy (non-hydrogen) atoms. The van der Waals surface area contributed by atoms with Crippen LogP contribution < -0.4 is 4.74 Å². The van der Waals surface area contributed by atoms with E-state index in [1.54, 1.807) is 25.8 Å². The molecule has 1 rings (SSSR count). The highest BCUT2D eigenvalue weighted by molar-refractivity contribution is 7.99. The molecule has 3 heteroatoms. The fourth-order valence-electron chi connectivity index (χ4n) is 0.948. The van der Waals surface area contributed by atoms with Gasteiger partial charge in [0.05, 0.1) is 13.2 Å². The van der Waals surface area contributed by atoms with E-state index in [2.05, 4.69) is 0 Å². The van der Waals surface area contributed by atoms with Crippen molar-refractivity contribution in [2.45, 2.75) is 17.9 Å². The van der Waals surface area contributed by atoms with Gasteiger partial charge >= 0.3 is 0 Å². The summed E-state index contributed by atoms with van der Waals surface area (Å²) in [5, 5.41) is 9.12. The van der Waals surface area contributed by atoms with Crippen LogP contribution in [0.5, 0.6) is 5.75 Å². The van der Waals surface area contributed by atoms with Crippen molar-refractivity contribution < 1.29 is 9.84 Å². The van der Waals surface area contributed by atoms with Crippen molar-refractivity contribution in [2.75, 3.05) is 12.9 Å². The van der Waals surface area contributed by atoms with E-state index in [9.17, 15) is 0 Å². The molecule has 0 saturated heterocycles. The molecule has 1 unspecified atom stereocenters. The zero-order chi connectivity index (χ0) is 9.68. The molecule has 0 aromatic heterocycles. The summed E-state index contributed by atoms with van der Waals surface area (Å²) >= 11 is 1.60. The first-order valence-electron chi connectivity index (χ1n) is 4.18. The average Bonchev–Trinajstić information content (AvgIpc) is 2.15. The Morgan fingerprint density at radius 2 is 2.15 bits per heavy atom. The zero-order valence-corrected chi connectivity index (χ0v) is 8.67. The van der Waals surface area contributed by atoms with Gasteiger partial charge in [-0.1, -0.05) is 12.1 Å². The summed E-state index contributed by atoms with van der Waals surface area (Å²) in [6, 6.07) is 7.81. The van der Waals surface area contributed by atoms with E-state index < -0.39 is 0 Å². The maximum Gasteiger partial charge on any atom is 0.132 e. The minimum absolute atomic E-state index is 0.282. The van der Waals surface area contributed by atoms with Crippen LogP contribution >= 0.6 is 11.8 Å². The third kappa shape index (κ3) is 3.28. The minimum Gasteiger partial charge on any atom is -0.496 e. The van der Waals surface area contributed by atoms with Crippen LogP contribution in [0.3, 0.4) is 0 Å². The first kappa shape index (κ1) is 10.4. The fourth-order valence-corrected chi connectivity index (χ4v) is 1.84. The maximum absolute atomic E-state index is 9.12. The quantitative estimate of drug-likeness (QED) is 0.752. The van der Waals surface area contributed by atoms with E-state index in [1.807, 2.05) is 24.3 Å². The zero-order valence-electron chi connectivity index (χ0n) is 7.86. The summed E-state index contributed by atoms with van der Waals surface area (Å²) < 4.78 is 5.18. The van der Waals surface area contributed by atoms with Crippen LogP contribution in [0.4, 0.5) is 0 Å². The predicted octanol–water partition coefficient (Wildman–Crippen LogP) is 2.17. The van der Waals surface area contributed by atoms with Crippen LogP contribution in [0.1, 0.15) is 6.92 Å². The number of aliphatic hydroxyl groups excluding tert-OH is 1. The Morgan fingerprint density at radius 1 is 1.46 bits per heavy atom. The summed E-state index contributed by atoms with van der Waals surface area (Å²) in [6.07, 6.45) is -0.282. The highest BCUT2D eigenvalue weighted by Crippen LogP contribution is 2.28. The molecule has 2 nitrogen and oxygen atoms in total. The fraction of sp³-hybridized carbons (Fsp3) is 0.400. The molecule has 1 aromatic rings. The number of rotatable bonds is 4. The first-order valence-corrected chi connectivity index (χ1v) is 5.16. The van der Waals surface area contributed by atoms with Gasteiger partial charge in [-0.25, -0.2) is 0 Å². The van der Waals surface area contributed by atoms with E-state index in [1.165, 1.54) is 0 Å². The van der Waals surface area contributed by atoms with Crippen LogP contribution in [0.15, 0.2) is 29.2 Å². The molecule has 0 aliphatic carbocycles. The summed E-state index contributed by atoms with van der Waals surface area (Å²) in [5.41, 5.74) is 0. The van der Waals surface area contributed by atoms with Crippen molar-refractivity contribution in [3.05, 3.63) is 24.3 Å². The highest BCUT2D eigenvalue weighted by Gasteiger charge is 2.03. The van der Waals surface area contributed by atoms with Gasteiger partial charge in [0, 0.05) is 10.6 Å². The summed E-state index contributed by atoms with van der Waals surface area (Å²) in [6.45, 7) is 1.78. The molecule has 0 bridgehead atoms. The molecule has 1 aromatic carbocycles. The Kier molecular flexibility index (Phi) is 4.12. The van der Waals surface area contributed by atoms with Gasteiger partial charge in [0.1, 0.15) is 5.75 Å². The Labute approximate surface area is 82.9 Å². The Morgan fingerprint density at radius 3 is 2.77 bits per heavy atom. The second kappa shape index (κ2) is 5.14. The summed E-state index contributed by atoms with van der Waals surface area (Å²) in [4.78, 5) is 1.07. The lowest BCUT2D eigenvalue weighted by molar-refractivity contribution is 0.220. The Balaban J connectivity index is 2.64. The molecular formula is C10H14O2S. The molecule has 0 aliphatic heterocycles. The second-order valence-electron chi connectivity index (χ2n) is 2.81. The van der Waals surface area contributed by atoms with Crippen molar-refractivity contribution in [3.63, 3.8) is 0 Å². The third-order valence-corrected chi connectivity index (χ3v) is 2.85. The molecule has 1 atom stereocenters. The maximum atomic E-state index is 9.12. The number of thioether (sulfide) groups is 1. The van der Waals surface area contributed by atoms with Gasteiger partial charge in [0.25, 0.3) is 0 Å². The lowest BCUT2D eigenvalue weighted by Crippen LogP contribution is -2.02. The molecule has 1 N–H and O–H groups in total. The molecule has 72 valence electrons. The van der Waals surface area contributed by atoms with Gasteiger partial charge in [0.15, 0.2) is 0 Å². The standard InChI is InChI=1S/C10H14O2S/c1-8(11)7-13-10-6-4-3-5-9(10)12-2/h3-6,8,11H,7H2,1-2H3. The smallest absolute Gasteiger partial charge is 0.132 e. The van der Waals surface area contributed by atoms with Gasteiger partial charge in [0.2, 0.25) is 0 Å². The SMILES string of the molecule is COc1ccccc1SCC(C)O. The van der Waals surface area contributed by atoms with Gasteiger partial charge < -0.3 is 9.84 Å². The van der Waals surface area contributed by atoms with Crippen LogP contribution in [0.2, 0.25) is 0 Å². The van der Waals surface area contributed by atoms with Gasteiger partial charge in [-0.3, -0.25) is 0 Å². The van der Waals surface area contributed by atoms with E-state index in [-0.39, 0.29) is 6.10 Å². The molecule has 0 aliphatic rings. The van der Waals surface area contributed by atoms with Crippen LogP contribution in [0.25, 0.3) is 0 Å². The van der Waals surface area contributed by atoms with E-state index in [4.69, 9.17) is 9.84 Å². The molecule has 0 heterocycles. The van der Waals surface area contributed by atoms with Crippen molar-refractivity contribution >= 4 is 11.8 Å². The number of aliphatic hydroxyl groups is 1. The van der Waals surface area contributed by atoms with Crippen LogP contribution in [-0.4, -0.2) is 24.1 Å². The summed E-state index contributed by atoms with van der Waals surface area (Å²) in [7, 11) is 1.65. The molecule has 0 radical (unpaired) electrons. The lowest BCUT2D eigenvalue weighted by Gasteiger charge is -2.08. The number of para-hydroxylation sites is 1. The Bertz CT molecular complexity index is 261. The molecule has 0 fully saturated rings. The molecule has 0 saturated carbocycles. The lowest BCUT2D eigenvalue weighted by atomic mass is 10.3. The minimum atomic E-state index is -0.282. The third-order valence-electron chi connectivity index (χ3n) is 1.55. The monoisotopic (exact) mass is 198 g/mol. The molecular weight excluding hydrogens is 184 g/mol. The van der Waals surface area contributed by atoms with Crippen molar-refractivity contribution in [1.29, 1.82) is 0 Å². The normalized spacial score (nSPS) is 12.5. The number of hydrogen-bond acceptors (Lipinski definition) is 3. The largest absolute Gasteiger partial charge is 0.496 e.